The molecule has 2 heterocycles. The fourth-order valence-corrected chi connectivity index (χ4v) is 5.19. The first kappa shape index (κ1) is 21.6. The van der Waals surface area contributed by atoms with Crippen LogP contribution in [-0.4, -0.2) is 36.5 Å². The van der Waals surface area contributed by atoms with E-state index >= 15 is 0 Å². The van der Waals surface area contributed by atoms with Crippen molar-refractivity contribution in [1.29, 1.82) is 0 Å². The van der Waals surface area contributed by atoms with Crippen molar-refractivity contribution in [3.63, 3.8) is 0 Å². The van der Waals surface area contributed by atoms with E-state index in [-0.39, 0.29) is 11.9 Å². The molecular formula is C26H30N2O2S. The van der Waals surface area contributed by atoms with Crippen LogP contribution < -0.4 is 4.90 Å². The van der Waals surface area contributed by atoms with Crippen LogP contribution in [0.15, 0.2) is 63.9 Å². The summed E-state index contributed by atoms with van der Waals surface area (Å²) in [6.45, 7) is 10.7. The maximum Gasteiger partial charge on any atom is 0.289 e. The van der Waals surface area contributed by atoms with Gasteiger partial charge in [-0.05, 0) is 63.1 Å². The molecule has 1 amide bonds. The Morgan fingerprint density at radius 1 is 1.00 bits per heavy atom. The number of aryl methyl sites for hydroxylation is 3. The molecule has 1 saturated heterocycles. The second-order valence-electron chi connectivity index (χ2n) is 8.40. The van der Waals surface area contributed by atoms with Crippen molar-refractivity contribution >= 4 is 23.4 Å². The average Bonchev–Trinajstić information content (AvgIpc) is 3.22. The molecule has 1 fully saturated rings. The van der Waals surface area contributed by atoms with Crippen LogP contribution in [-0.2, 0) is 5.75 Å². The molecule has 1 unspecified atom stereocenters. The molecule has 1 atom stereocenters. The van der Waals surface area contributed by atoms with E-state index in [1.54, 1.807) is 11.8 Å². The SMILES string of the molecule is Cc1ccc(N2CCN(C(=O)c3ccc(CSc4c(C)cccc4C)o3)CC2C)cc1. The normalized spacial score (nSPS) is 16.6. The van der Waals surface area contributed by atoms with E-state index in [4.69, 9.17) is 4.42 Å². The highest BCUT2D eigenvalue weighted by Crippen LogP contribution is 2.30. The number of hydrogen-bond donors (Lipinski definition) is 0. The van der Waals surface area contributed by atoms with Crippen LogP contribution >= 0.6 is 11.8 Å². The molecule has 3 aromatic rings. The first-order chi connectivity index (χ1) is 14.9. The number of benzene rings is 2. The number of amides is 1. The molecule has 0 radical (unpaired) electrons. The van der Waals surface area contributed by atoms with Crippen LogP contribution in [0.4, 0.5) is 5.69 Å². The molecule has 1 aromatic heterocycles. The molecular weight excluding hydrogens is 404 g/mol. The zero-order valence-electron chi connectivity index (χ0n) is 18.7. The minimum absolute atomic E-state index is 0.0151. The summed E-state index contributed by atoms with van der Waals surface area (Å²) >= 11 is 1.76. The van der Waals surface area contributed by atoms with Crippen LogP contribution in [0.25, 0.3) is 0 Å². The number of hydrogen-bond acceptors (Lipinski definition) is 4. The van der Waals surface area contributed by atoms with E-state index < -0.39 is 0 Å². The maximum absolute atomic E-state index is 13.0. The van der Waals surface area contributed by atoms with Gasteiger partial charge in [0.15, 0.2) is 5.76 Å². The van der Waals surface area contributed by atoms with Gasteiger partial charge in [0.1, 0.15) is 5.76 Å². The molecule has 0 aliphatic carbocycles. The third-order valence-electron chi connectivity index (χ3n) is 5.92. The van der Waals surface area contributed by atoms with Gasteiger partial charge in [-0.3, -0.25) is 4.79 Å². The number of thioether (sulfide) groups is 1. The quantitative estimate of drug-likeness (QED) is 0.472. The van der Waals surface area contributed by atoms with Gasteiger partial charge < -0.3 is 14.2 Å². The predicted octanol–water partition coefficient (Wildman–Crippen LogP) is 5.85. The molecule has 2 aromatic carbocycles. The average molecular weight is 435 g/mol. The second kappa shape index (κ2) is 9.23. The fraction of sp³-hybridized carbons (Fsp3) is 0.346. The van der Waals surface area contributed by atoms with Crippen LogP contribution in [0.3, 0.4) is 0 Å². The van der Waals surface area contributed by atoms with Crippen LogP contribution in [0.5, 0.6) is 0 Å². The van der Waals surface area contributed by atoms with Gasteiger partial charge >= 0.3 is 0 Å². The van der Waals surface area contributed by atoms with E-state index in [1.807, 2.05) is 17.0 Å². The van der Waals surface area contributed by atoms with Crippen molar-refractivity contribution in [2.45, 2.75) is 44.4 Å². The summed E-state index contributed by atoms with van der Waals surface area (Å²) in [6.07, 6.45) is 0. The van der Waals surface area contributed by atoms with Gasteiger partial charge in [0.05, 0.1) is 5.75 Å². The first-order valence-corrected chi connectivity index (χ1v) is 11.8. The number of nitrogens with zero attached hydrogens (tertiary/aromatic N) is 2. The van der Waals surface area contributed by atoms with Gasteiger partial charge in [0, 0.05) is 36.3 Å². The summed E-state index contributed by atoms with van der Waals surface area (Å²) in [5.74, 6) is 1.98. The van der Waals surface area contributed by atoms with Crippen molar-refractivity contribution in [1.82, 2.24) is 4.90 Å². The Morgan fingerprint density at radius 2 is 1.71 bits per heavy atom. The molecule has 1 aliphatic heterocycles. The van der Waals surface area contributed by atoms with Crippen LogP contribution in [0, 0.1) is 20.8 Å². The van der Waals surface area contributed by atoms with Crippen molar-refractivity contribution < 1.29 is 9.21 Å². The van der Waals surface area contributed by atoms with Gasteiger partial charge in [0.2, 0.25) is 0 Å². The van der Waals surface area contributed by atoms with E-state index in [1.165, 1.54) is 27.3 Å². The van der Waals surface area contributed by atoms with Gasteiger partial charge in [-0.1, -0.05) is 35.9 Å². The molecule has 162 valence electrons. The zero-order chi connectivity index (χ0) is 22.0. The third kappa shape index (κ3) is 4.82. The molecule has 1 aliphatic rings. The Kier molecular flexibility index (Phi) is 6.42. The molecule has 5 heteroatoms. The Bertz CT molecular complexity index is 1040. The minimum atomic E-state index is -0.0151. The van der Waals surface area contributed by atoms with E-state index in [9.17, 15) is 4.79 Å². The Balaban J connectivity index is 1.37. The summed E-state index contributed by atoms with van der Waals surface area (Å²) in [7, 11) is 0. The van der Waals surface area contributed by atoms with Gasteiger partial charge in [-0.25, -0.2) is 0 Å². The van der Waals surface area contributed by atoms with Gasteiger partial charge in [0.25, 0.3) is 5.91 Å². The number of rotatable bonds is 5. The van der Waals surface area contributed by atoms with Crippen LogP contribution in [0.1, 0.15) is 39.9 Å². The Hall–Kier alpha value is -2.66. The van der Waals surface area contributed by atoms with E-state index in [2.05, 4.69) is 75.1 Å². The number of anilines is 1. The highest BCUT2D eigenvalue weighted by molar-refractivity contribution is 7.98. The van der Waals surface area contributed by atoms with E-state index in [0.717, 1.165) is 18.1 Å². The minimum Gasteiger partial charge on any atom is -0.455 e. The summed E-state index contributed by atoms with van der Waals surface area (Å²) < 4.78 is 5.93. The number of furan rings is 1. The number of carbonyl (C=O) groups excluding carboxylic acids is 1. The fourth-order valence-electron chi connectivity index (χ4n) is 4.16. The Labute approximate surface area is 189 Å². The predicted molar refractivity (Wildman–Crippen MR) is 128 cm³/mol. The molecule has 0 saturated carbocycles. The molecule has 4 rings (SSSR count). The number of carbonyl (C=O) groups is 1. The largest absolute Gasteiger partial charge is 0.455 e. The summed E-state index contributed by atoms with van der Waals surface area (Å²) in [5, 5.41) is 0. The second-order valence-corrected chi connectivity index (χ2v) is 9.39. The van der Waals surface area contributed by atoms with E-state index in [0.29, 0.717) is 18.8 Å². The molecule has 0 bridgehead atoms. The zero-order valence-corrected chi connectivity index (χ0v) is 19.5. The topological polar surface area (TPSA) is 36.7 Å². The standard InChI is InChI=1S/C26H30N2O2S/c1-18-8-10-22(11-9-18)28-15-14-27(16-21(28)4)26(29)24-13-12-23(30-24)17-31-25-19(2)6-5-7-20(25)3/h5-13,21H,14-17H2,1-4H3. The lowest BCUT2D eigenvalue weighted by Gasteiger charge is -2.41. The summed E-state index contributed by atoms with van der Waals surface area (Å²) in [6, 6.07) is 19.0. The first-order valence-electron chi connectivity index (χ1n) is 10.8. The third-order valence-corrected chi connectivity index (χ3v) is 7.28. The number of piperazine rings is 1. The molecule has 4 nitrogen and oxygen atoms in total. The van der Waals surface area contributed by atoms with Crippen molar-refractivity contribution in [3.8, 4) is 0 Å². The van der Waals surface area contributed by atoms with Gasteiger partial charge in [-0.2, -0.15) is 0 Å². The Morgan fingerprint density at radius 3 is 2.39 bits per heavy atom. The monoisotopic (exact) mass is 434 g/mol. The summed E-state index contributed by atoms with van der Waals surface area (Å²) in [4.78, 5) is 18.6. The maximum atomic E-state index is 13.0. The molecule has 0 N–H and O–H groups in total. The lowest BCUT2D eigenvalue weighted by atomic mass is 10.1. The van der Waals surface area contributed by atoms with Crippen LogP contribution in [0.2, 0.25) is 0 Å². The van der Waals surface area contributed by atoms with Crippen molar-refractivity contribution in [2.24, 2.45) is 0 Å². The summed E-state index contributed by atoms with van der Waals surface area (Å²) in [5.41, 5.74) is 5.02. The lowest BCUT2D eigenvalue weighted by molar-refractivity contribution is 0.0693. The smallest absolute Gasteiger partial charge is 0.289 e. The van der Waals surface area contributed by atoms with Crippen molar-refractivity contribution in [3.05, 3.63) is 82.8 Å². The molecule has 0 spiro atoms. The highest BCUT2D eigenvalue weighted by atomic mass is 32.2. The highest BCUT2D eigenvalue weighted by Gasteiger charge is 2.29. The molecule has 31 heavy (non-hydrogen) atoms. The van der Waals surface area contributed by atoms with Crippen molar-refractivity contribution in [2.75, 3.05) is 24.5 Å². The van der Waals surface area contributed by atoms with Gasteiger partial charge in [-0.15, -0.1) is 11.8 Å². The lowest BCUT2D eigenvalue weighted by Crippen LogP contribution is -2.53.